The van der Waals surface area contributed by atoms with Gasteiger partial charge in [0.05, 0.1) is 13.2 Å². The quantitative estimate of drug-likeness (QED) is 0.930. The van der Waals surface area contributed by atoms with E-state index in [4.69, 9.17) is 4.74 Å². The summed E-state index contributed by atoms with van der Waals surface area (Å²) in [5.74, 6) is 0.477. The molecule has 5 heteroatoms. The third kappa shape index (κ3) is 4.23. The van der Waals surface area contributed by atoms with E-state index < -0.39 is 0 Å². The fourth-order valence-corrected chi connectivity index (χ4v) is 3.44. The molecule has 0 bridgehead atoms. The van der Waals surface area contributed by atoms with Crippen molar-refractivity contribution in [1.29, 1.82) is 0 Å². The van der Waals surface area contributed by atoms with Crippen LogP contribution in [0.1, 0.15) is 11.1 Å². The maximum Gasteiger partial charge on any atom is 0.252 e. The molecular weight excluding hydrogens is 302 g/mol. The monoisotopic (exact) mass is 329 g/mol. The Morgan fingerprint density at radius 1 is 1.33 bits per heavy atom. The number of aromatic amines is 1. The lowest BCUT2D eigenvalue weighted by Gasteiger charge is -2.25. The number of benzene rings is 1. The van der Waals surface area contributed by atoms with Crippen LogP contribution in [0.3, 0.4) is 0 Å². The molecule has 1 unspecified atom stereocenters. The van der Waals surface area contributed by atoms with Crippen molar-refractivity contribution in [3.63, 3.8) is 0 Å². The number of rotatable bonds is 4. The van der Waals surface area contributed by atoms with Gasteiger partial charge >= 0.3 is 0 Å². The predicted molar refractivity (Wildman–Crippen MR) is 97.4 cm³/mol. The van der Waals surface area contributed by atoms with E-state index in [0.29, 0.717) is 12.5 Å². The first kappa shape index (κ1) is 17.1. The van der Waals surface area contributed by atoms with Crippen LogP contribution in [0.5, 0.6) is 0 Å². The Balaban J connectivity index is 1.79. The van der Waals surface area contributed by atoms with Crippen LogP contribution < -0.4 is 5.56 Å². The molecule has 0 radical (unpaired) electrons. The first-order chi connectivity index (χ1) is 11.5. The number of aromatic nitrogens is 1. The largest absolute Gasteiger partial charge is 0.380 e. The maximum absolute atomic E-state index is 12.4. The summed E-state index contributed by atoms with van der Waals surface area (Å²) in [6, 6.07) is 8.20. The van der Waals surface area contributed by atoms with Gasteiger partial charge in [-0.15, -0.1) is 0 Å². The molecule has 1 aromatic heterocycles. The van der Waals surface area contributed by atoms with Gasteiger partial charge in [0.25, 0.3) is 5.56 Å². The molecule has 3 rings (SSSR count). The van der Waals surface area contributed by atoms with Crippen molar-refractivity contribution in [2.24, 2.45) is 5.92 Å². The number of nitrogens with zero attached hydrogens (tertiary/aromatic N) is 2. The number of fused-ring (bicyclic) bond motifs is 1. The molecular formula is C19H27N3O2. The van der Waals surface area contributed by atoms with E-state index in [1.165, 1.54) is 0 Å². The average molecular weight is 329 g/mol. The third-order valence-corrected chi connectivity index (χ3v) is 4.52. The maximum atomic E-state index is 12.4. The molecule has 1 saturated heterocycles. The molecule has 130 valence electrons. The van der Waals surface area contributed by atoms with Gasteiger partial charge in [-0.05, 0) is 44.1 Å². The van der Waals surface area contributed by atoms with Crippen LogP contribution in [0.2, 0.25) is 0 Å². The van der Waals surface area contributed by atoms with E-state index in [2.05, 4.69) is 41.0 Å². The number of pyridine rings is 1. The zero-order valence-corrected chi connectivity index (χ0v) is 14.8. The second-order valence-electron chi connectivity index (χ2n) is 7.15. The summed E-state index contributed by atoms with van der Waals surface area (Å²) in [5, 5.41) is 1.09. The highest BCUT2D eigenvalue weighted by Gasteiger charge is 2.20. The van der Waals surface area contributed by atoms with Crippen molar-refractivity contribution in [2.75, 3.05) is 46.9 Å². The lowest BCUT2D eigenvalue weighted by molar-refractivity contribution is 0.112. The van der Waals surface area contributed by atoms with Crippen molar-refractivity contribution in [2.45, 2.75) is 13.5 Å². The van der Waals surface area contributed by atoms with E-state index in [9.17, 15) is 4.79 Å². The molecule has 0 aliphatic carbocycles. The predicted octanol–water partition coefficient (Wildman–Crippen LogP) is 1.85. The fraction of sp³-hybridized carbons (Fsp3) is 0.526. The lowest BCUT2D eigenvalue weighted by atomic mass is 10.1. The fourth-order valence-electron chi connectivity index (χ4n) is 3.44. The minimum Gasteiger partial charge on any atom is -0.380 e. The first-order valence-electron chi connectivity index (χ1n) is 8.58. The summed E-state index contributed by atoms with van der Waals surface area (Å²) < 4.78 is 5.74. The van der Waals surface area contributed by atoms with Crippen LogP contribution in [-0.2, 0) is 11.3 Å². The van der Waals surface area contributed by atoms with Gasteiger partial charge in [-0.3, -0.25) is 9.69 Å². The third-order valence-electron chi connectivity index (χ3n) is 4.52. The Kier molecular flexibility index (Phi) is 5.33. The van der Waals surface area contributed by atoms with Crippen LogP contribution in [0.25, 0.3) is 10.9 Å². The second kappa shape index (κ2) is 7.47. The molecule has 2 aromatic rings. The molecule has 0 amide bonds. The molecule has 5 nitrogen and oxygen atoms in total. The Hall–Kier alpha value is -1.69. The summed E-state index contributed by atoms with van der Waals surface area (Å²) in [6.45, 7) is 7.07. The van der Waals surface area contributed by atoms with Crippen molar-refractivity contribution < 1.29 is 4.74 Å². The topological polar surface area (TPSA) is 48.6 Å². The molecule has 1 N–H and O–H groups in total. The van der Waals surface area contributed by atoms with E-state index in [-0.39, 0.29) is 5.56 Å². The number of aryl methyl sites for hydroxylation is 1. The number of ether oxygens (including phenoxy) is 1. The van der Waals surface area contributed by atoms with Gasteiger partial charge in [-0.2, -0.15) is 0 Å². The Morgan fingerprint density at radius 2 is 2.17 bits per heavy atom. The van der Waals surface area contributed by atoms with Crippen molar-refractivity contribution >= 4 is 10.9 Å². The van der Waals surface area contributed by atoms with Crippen LogP contribution in [-0.4, -0.2) is 61.7 Å². The van der Waals surface area contributed by atoms with Crippen LogP contribution in [0, 0.1) is 12.8 Å². The number of nitrogens with one attached hydrogen (secondary N) is 1. The molecule has 2 heterocycles. The standard InChI is InChI=1S/C19H27N3O2/c1-14-4-5-16-9-17(19(23)20-18(16)8-14)12-22-6-7-24-13-15(11-22)10-21(2)3/h4-5,8-9,15H,6-7,10-13H2,1-3H3,(H,20,23). The number of hydrogen-bond acceptors (Lipinski definition) is 4. The minimum atomic E-state index is 0.0161. The molecule has 1 aliphatic heterocycles. The van der Waals surface area contributed by atoms with Gasteiger partial charge < -0.3 is 14.6 Å². The van der Waals surface area contributed by atoms with Crippen molar-refractivity contribution in [3.05, 3.63) is 45.7 Å². The summed E-state index contributed by atoms with van der Waals surface area (Å²) >= 11 is 0. The van der Waals surface area contributed by atoms with Gasteiger partial charge in [0, 0.05) is 43.2 Å². The summed E-state index contributed by atoms with van der Waals surface area (Å²) in [7, 11) is 4.18. The summed E-state index contributed by atoms with van der Waals surface area (Å²) in [4.78, 5) is 20.0. The summed E-state index contributed by atoms with van der Waals surface area (Å²) in [6.07, 6.45) is 0. The molecule has 1 atom stereocenters. The van der Waals surface area contributed by atoms with Gasteiger partial charge in [-0.25, -0.2) is 0 Å². The van der Waals surface area contributed by atoms with E-state index >= 15 is 0 Å². The van der Waals surface area contributed by atoms with E-state index in [1.807, 2.05) is 19.1 Å². The molecule has 24 heavy (non-hydrogen) atoms. The lowest BCUT2D eigenvalue weighted by Crippen LogP contribution is -2.35. The summed E-state index contributed by atoms with van der Waals surface area (Å²) in [5.41, 5.74) is 2.91. The van der Waals surface area contributed by atoms with Crippen LogP contribution in [0.4, 0.5) is 0 Å². The van der Waals surface area contributed by atoms with E-state index in [1.54, 1.807) is 0 Å². The highest BCUT2D eigenvalue weighted by Crippen LogP contribution is 2.15. The Morgan fingerprint density at radius 3 is 2.96 bits per heavy atom. The number of hydrogen-bond donors (Lipinski definition) is 1. The molecule has 0 saturated carbocycles. The highest BCUT2D eigenvalue weighted by atomic mass is 16.5. The number of H-pyrrole nitrogens is 1. The normalized spacial score (nSPS) is 19.8. The minimum absolute atomic E-state index is 0.0161. The first-order valence-corrected chi connectivity index (χ1v) is 8.58. The van der Waals surface area contributed by atoms with Gasteiger partial charge in [0.15, 0.2) is 0 Å². The highest BCUT2D eigenvalue weighted by molar-refractivity contribution is 5.79. The molecule has 1 aromatic carbocycles. The van der Waals surface area contributed by atoms with Crippen LogP contribution >= 0.6 is 0 Å². The second-order valence-corrected chi connectivity index (χ2v) is 7.15. The zero-order chi connectivity index (χ0) is 17.1. The molecule has 1 aliphatic rings. The average Bonchev–Trinajstić information content (AvgIpc) is 2.72. The van der Waals surface area contributed by atoms with Gasteiger partial charge in [0.1, 0.15) is 0 Å². The van der Waals surface area contributed by atoms with Crippen LogP contribution in [0.15, 0.2) is 29.1 Å². The van der Waals surface area contributed by atoms with Crippen molar-refractivity contribution in [1.82, 2.24) is 14.8 Å². The SMILES string of the molecule is Cc1ccc2cc(CN3CCOCC(CN(C)C)C3)c(=O)[nH]c2c1. The Labute approximate surface area is 143 Å². The zero-order valence-electron chi connectivity index (χ0n) is 14.8. The van der Waals surface area contributed by atoms with E-state index in [0.717, 1.165) is 54.9 Å². The smallest absolute Gasteiger partial charge is 0.252 e. The van der Waals surface area contributed by atoms with Gasteiger partial charge in [0.2, 0.25) is 0 Å². The Bertz CT molecular complexity index is 754. The van der Waals surface area contributed by atoms with Crippen molar-refractivity contribution in [3.8, 4) is 0 Å². The molecule has 1 fully saturated rings. The van der Waals surface area contributed by atoms with Gasteiger partial charge in [-0.1, -0.05) is 12.1 Å². The molecule has 0 spiro atoms.